The summed E-state index contributed by atoms with van der Waals surface area (Å²) in [6.45, 7) is 11.7. The van der Waals surface area contributed by atoms with E-state index in [0.29, 0.717) is 12.6 Å². The van der Waals surface area contributed by atoms with Gasteiger partial charge in [-0.05, 0) is 26.3 Å². The van der Waals surface area contributed by atoms with Crippen LogP contribution >= 0.6 is 0 Å². The molecule has 1 aromatic carbocycles. The minimum Gasteiger partial charge on any atom is -0.444 e. The second kappa shape index (κ2) is 7.94. The molecule has 2 aliphatic heterocycles. The summed E-state index contributed by atoms with van der Waals surface area (Å²) in [7, 11) is 0. The Bertz CT molecular complexity index is 588. The Kier molecular flexibility index (Phi) is 5.85. The predicted molar refractivity (Wildman–Crippen MR) is 101 cm³/mol. The van der Waals surface area contributed by atoms with E-state index in [1.54, 1.807) is 4.90 Å². The Hall–Kier alpha value is -1.63. The number of β-amino-alcohol motifs (C(OH)–C–C–N with tert-alkyl or cyclic N) is 1. The topological polar surface area (TPSA) is 56.2 Å². The third-order valence-corrected chi connectivity index (χ3v) is 5.05. The zero-order chi connectivity index (χ0) is 18.7. The van der Waals surface area contributed by atoms with Crippen molar-refractivity contribution < 1.29 is 14.6 Å². The minimum atomic E-state index is -0.437. The van der Waals surface area contributed by atoms with E-state index in [2.05, 4.69) is 9.80 Å². The van der Waals surface area contributed by atoms with Gasteiger partial charge in [-0.25, -0.2) is 4.79 Å². The van der Waals surface area contributed by atoms with Crippen LogP contribution in [0, 0.1) is 0 Å². The molecule has 144 valence electrons. The normalized spacial score (nSPS) is 21.3. The van der Waals surface area contributed by atoms with Gasteiger partial charge in [0.2, 0.25) is 0 Å². The van der Waals surface area contributed by atoms with Gasteiger partial charge >= 0.3 is 6.09 Å². The number of rotatable bonds is 4. The second-order valence-corrected chi connectivity index (χ2v) is 8.30. The molecule has 1 N–H and O–H groups in total. The van der Waals surface area contributed by atoms with E-state index in [1.165, 1.54) is 0 Å². The van der Waals surface area contributed by atoms with Crippen molar-refractivity contribution >= 4 is 6.09 Å². The lowest BCUT2D eigenvalue weighted by atomic mass is 10.1. The molecule has 1 unspecified atom stereocenters. The molecular weight excluding hydrogens is 330 g/mol. The van der Waals surface area contributed by atoms with Crippen molar-refractivity contribution in [1.29, 1.82) is 0 Å². The lowest BCUT2D eigenvalue weighted by molar-refractivity contribution is -0.0277. The second-order valence-electron chi connectivity index (χ2n) is 8.30. The number of carbonyl (C=O) groups excluding carboxylic acids is 1. The van der Waals surface area contributed by atoms with Crippen LogP contribution in [-0.2, 0) is 4.74 Å². The molecule has 3 rings (SSSR count). The average Bonchev–Trinajstić information content (AvgIpc) is 2.54. The molecule has 2 saturated heterocycles. The fourth-order valence-electron chi connectivity index (χ4n) is 3.50. The quantitative estimate of drug-likeness (QED) is 0.888. The molecule has 0 bridgehead atoms. The number of likely N-dealkylation sites (tertiary alicyclic amines) is 1. The predicted octanol–water partition coefficient (Wildman–Crippen LogP) is 1.96. The van der Waals surface area contributed by atoms with Crippen LogP contribution in [0.2, 0.25) is 0 Å². The van der Waals surface area contributed by atoms with Gasteiger partial charge in [-0.2, -0.15) is 0 Å². The molecule has 0 saturated carbocycles. The first kappa shape index (κ1) is 19.1. The summed E-state index contributed by atoms with van der Waals surface area (Å²) in [5.74, 6) is 0. The van der Waals surface area contributed by atoms with Crippen LogP contribution in [0.5, 0.6) is 0 Å². The summed E-state index contributed by atoms with van der Waals surface area (Å²) in [6, 6.07) is 10.3. The number of amides is 1. The van der Waals surface area contributed by atoms with Crippen LogP contribution in [0.3, 0.4) is 0 Å². The number of aliphatic hydroxyl groups excluding tert-OH is 1. The molecule has 0 radical (unpaired) electrons. The highest BCUT2D eigenvalue weighted by atomic mass is 16.6. The molecule has 1 aromatic rings. The van der Waals surface area contributed by atoms with Crippen LogP contribution in [-0.4, -0.2) is 83.4 Å². The molecule has 26 heavy (non-hydrogen) atoms. The largest absolute Gasteiger partial charge is 0.444 e. The van der Waals surface area contributed by atoms with Crippen LogP contribution in [0.15, 0.2) is 30.3 Å². The molecule has 2 fully saturated rings. The maximum Gasteiger partial charge on any atom is 0.410 e. The molecule has 6 heteroatoms. The van der Waals surface area contributed by atoms with E-state index in [1.807, 2.05) is 51.1 Å². The van der Waals surface area contributed by atoms with Crippen molar-refractivity contribution in [3.63, 3.8) is 0 Å². The van der Waals surface area contributed by atoms with Gasteiger partial charge < -0.3 is 14.7 Å². The van der Waals surface area contributed by atoms with Gasteiger partial charge in [0.25, 0.3) is 0 Å². The first-order valence-corrected chi connectivity index (χ1v) is 9.49. The molecule has 0 aliphatic carbocycles. The molecular formula is C20H31N3O3. The van der Waals surface area contributed by atoms with Crippen molar-refractivity contribution in [2.24, 2.45) is 0 Å². The number of aliphatic hydroxyl groups is 1. The summed E-state index contributed by atoms with van der Waals surface area (Å²) in [5, 5.41) is 10.4. The van der Waals surface area contributed by atoms with Gasteiger partial charge in [0.05, 0.1) is 6.10 Å². The van der Waals surface area contributed by atoms with Gasteiger partial charge in [0.15, 0.2) is 0 Å². The SMILES string of the molecule is CC(C)(C)OC(=O)N1CC(N2CCN(CC(O)c3ccccc3)CC2)C1. The van der Waals surface area contributed by atoms with Gasteiger partial charge in [-0.1, -0.05) is 30.3 Å². The molecule has 2 heterocycles. The number of nitrogens with zero attached hydrogens (tertiary/aromatic N) is 3. The first-order chi connectivity index (χ1) is 12.3. The maximum atomic E-state index is 12.0. The number of piperazine rings is 1. The van der Waals surface area contributed by atoms with Gasteiger partial charge in [-0.3, -0.25) is 9.80 Å². The monoisotopic (exact) mass is 361 g/mol. The van der Waals surface area contributed by atoms with Crippen molar-refractivity contribution in [1.82, 2.24) is 14.7 Å². The zero-order valence-corrected chi connectivity index (χ0v) is 16.1. The molecule has 1 amide bonds. The summed E-state index contributed by atoms with van der Waals surface area (Å²) in [6.07, 6.45) is -0.646. The number of hydrogen-bond donors (Lipinski definition) is 1. The van der Waals surface area contributed by atoms with E-state index in [9.17, 15) is 9.90 Å². The third kappa shape index (κ3) is 4.96. The highest BCUT2D eigenvalue weighted by Gasteiger charge is 2.38. The van der Waals surface area contributed by atoms with E-state index in [0.717, 1.165) is 44.8 Å². The highest BCUT2D eigenvalue weighted by Crippen LogP contribution is 2.21. The Morgan fingerprint density at radius 3 is 2.35 bits per heavy atom. The number of hydrogen-bond acceptors (Lipinski definition) is 5. The van der Waals surface area contributed by atoms with E-state index in [4.69, 9.17) is 4.74 Å². The summed E-state index contributed by atoms with van der Waals surface area (Å²) >= 11 is 0. The van der Waals surface area contributed by atoms with Crippen LogP contribution in [0.4, 0.5) is 4.79 Å². The van der Waals surface area contributed by atoms with Gasteiger partial charge in [0.1, 0.15) is 5.60 Å². The lowest BCUT2D eigenvalue weighted by Gasteiger charge is -2.48. The Morgan fingerprint density at radius 2 is 1.77 bits per heavy atom. The summed E-state index contributed by atoms with van der Waals surface area (Å²) in [4.78, 5) is 18.6. The van der Waals surface area contributed by atoms with Gasteiger partial charge in [0, 0.05) is 51.9 Å². The van der Waals surface area contributed by atoms with Crippen molar-refractivity contribution in [2.45, 2.75) is 38.5 Å². The van der Waals surface area contributed by atoms with Crippen LogP contribution < -0.4 is 0 Å². The fraction of sp³-hybridized carbons (Fsp3) is 0.650. The Labute approximate surface area is 156 Å². The molecule has 2 aliphatic rings. The highest BCUT2D eigenvalue weighted by molar-refractivity contribution is 5.69. The standard InChI is InChI=1S/C20H31N3O3/c1-20(2,3)26-19(25)23-13-17(14-23)22-11-9-21(10-12-22)15-18(24)16-7-5-4-6-8-16/h4-8,17-18,24H,9-15H2,1-3H3. The number of benzene rings is 1. The van der Waals surface area contributed by atoms with E-state index in [-0.39, 0.29) is 6.09 Å². The van der Waals surface area contributed by atoms with Crippen LogP contribution in [0.1, 0.15) is 32.4 Å². The average molecular weight is 361 g/mol. The van der Waals surface area contributed by atoms with E-state index < -0.39 is 11.7 Å². The van der Waals surface area contributed by atoms with Gasteiger partial charge in [-0.15, -0.1) is 0 Å². The van der Waals surface area contributed by atoms with Crippen molar-refractivity contribution in [2.75, 3.05) is 45.8 Å². The maximum absolute atomic E-state index is 12.0. The molecule has 1 atom stereocenters. The third-order valence-electron chi connectivity index (χ3n) is 5.05. The minimum absolute atomic E-state index is 0.210. The smallest absolute Gasteiger partial charge is 0.410 e. The Balaban J connectivity index is 1.38. The Morgan fingerprint density at radius 1 is 1.15 bits per heavy atom. The van der Waals surface area contributed by atoms with Crippen molar-refractivity contribution in [3.05, 3.63) is 35.9 Å². The summed E-state index contributed by atoms with van der Waals surface area (Å²) in [5.41, 5.74) is 0.537. The first-order valence-electron chi connectivity index (χ1n) is 9.49. The molecule has 6 nitrogen and oxygen atoms in total. The zero-order valence-electron chi connectivity index (χ0n) is 16.1. The van der Waals surface area contributed by atoms with Crippen molar-refractivity contribution in [3.8, 4) is 0 Å². The molecule has 0 aromatic heterocycles. The van der Waals surface area contributed by atoms with Crippen LogP contribution in [0.25, 0.3) is 0 Å². The van der Waals surface area contributed by atoms with E-state index >= 15 is 0 Å². The summed E-state index contributed by atoms with van der Waals surface area (Å²) < 4.78 is 5.41. The fourth-order valence-corrected chi connectivity index (χ4v) is 3.50. The lowest BCUT2D eigenvalue weighted by Crippen LogP contribution is -2.64. The molecule has 0 spiro atoms. The number of carbonyl (C=O) groups is 1. The number of ether oxygens (including phenoxy) is 1.